The number of thiazole rings is 1. The van der Waals surface area contributed by atoms with Gasteiger partial charge in [0.05, 0.1) is 12.1 Å². The Morgan fingerprint density at radius 2 is 1.69 bits per heavy atom. The molecule has 2 aromatic carbocycles. The van der Waals surface area contributed by atoms with Gasteiger partial charge in [0.25, 0.3) is 0 Å². The van der Waals surface area contributed by atoms with Crippen LogP contribution in [-0.2, 0) is 11.2 Å². The van der Waals surface area contributed by atoms with Crippen molar-refractivity contribution in [2.75, 3.05) is 23.3 Å². The second-order valence-corrected chi connectivity index (χ2v) is 8.18. The van der Waals surface area contributed by atoms with Gasteiger partial charge in [-0.2, -0.15) is 0 Å². The van der Waals surface area contributed by atoms with Gasteiger partial charge in [-0.15, -0.1) is 11.3 Å². The third kappa shape index (κ3) is 5.21. The normalized spacial score (nSPS) is 14.4. The first-order valence-corrected chi connectivity index (χ1v) is 10.9. The van der Waals surface area contributed by atoms with Crippen molar-refractivity contribution in [2.24, 2.45) is 0 Å². The van der Waals surface area contributed by atoms with E-state index in [4.69, 9.17) is 0 Å². The number of aromatic nitrogens is 1. The van der Waals surface area contributed by atoms with Crippen molar-refractivity contribution in [3.63, 3.8) is 0 Å². The Bertz CT molecular complexity index is 945. The fourth-order valence-corrected chi connectivity index (χ4v) is 4.39. The highest BCUT2D eigenvalue weighted by atomic mass is 32.1. The average molecular weight is 410 g/mol. The first-order valence-electron chi connectivity index (χ1n) is 10.0. The summed E-state index contributed by atoms with van der Waals surface area (Å²) in [5, 5.41) is 5.61. The van der Waals surface area contributed by atoms with Crippen LogP contribution in [0.15, 0.2) is 53.9 Å². The molecular weight excluding hydrogens is 385 g/mol. The molecule has 0 saturated carbocycles. The van der Waals surface area contributed by atoms with E-state index in [2.05, 4.69) is 27.3 Å². The molecule has 0 radical (unpaired) electrons. The second kappa shape index (κ2) is 9.18. The SMILES string of the molecule is O=C(Cc1csc(-c2ccc(F)cc2)n1)Nc1ccc(N2CCCCCC2)cc1. The molecule has 0 aliphatic carbocycles. The van der Waals surface area contributed by atoms with E-state index < -0.39 is 0 Å². The topological polar surface area (TPSA) is 45.2 Å². The first-order chi connectivity index (χ1) is 14.2. The number of halogens is 1. The second-order valence-electron chi connectivity index (χ2n) is 7.32. The Kier molecular flexibility index (Phi) is 6.20. The maximum Gasteiger partial charge on any atom is 0.230 e. The van der Waals surface area contributed by atoms with Gasteiger partial charge in [-0.3, -0.25) is 4.79 Å². The molecule has 4 nitrogen and oxygen atoms in total. The number of hydrogen-bond donors (Lipinski definition) is 1. The lowest BCUT2D eigenvalue weighted by Gasteiger charge is -2.22. The number of nitrogens with zero attached hydrogens (tertiary/aromatic N) is 2. The van der Waals surface area contributed by atoms with Gasteiger partial charge >= 0.3 is 0 Å². The quantitative estimate of drug-likeness (QED) is 0.604. The Morgan fingerprint density at radius 1 is 1.00 bits per heavy atom. The molecule has 1 N–H and O–H groups in total. The van der Waals surface area contributed by atoms with Gasteiger partial charge in [0, 0.05) is 35.4 Å². The minimum absolute atomic E-state index is 0.0940. The van der Waals surface area contributed by atoms with E-state index >= 15 is 0 Å². The summed E-state index contributed by atoms with van der Waals surface area (Å²) in [6.45, 7) is 2.21. The lowest BCUT2D eigenvalue weighted by Crippen LogP contribution is -2.23. The molecule has 3 aromatic rings. The zero-order valence-electron chi connectivity index (χ0n) is 16.2. The van der Waals surface area contributed by atoms with Crippen molar-refractivity contribution in [1.29, 1.82) is 0 Å². The summed E-state index contributed by atoms with van der Waals surface area (Å²) < 4.78 is 13.1. The van der Waals surface area contributed by atoms with Crippen LogP contribution in [0.5, 0.6) is 0 Å². The smallest absolute Gasteiger partial charge is 0.230 e. The Labute approximate surface area is 174 Å². The van der Waals surface area contributed by atoms with Crippen LogP contribution in [0, 0.1) is 5.82 Å². The molecule has 0 bridgehead atoms. The molecule has 1 aromatic heterocycles. The number of nitrogens with one attached hydrogen (secondary N) is 1. The molecule has 0 atom stereocenters. The minimum atomic E-state index is -0.272. The number of rotatable bonds is 5. The number of anilines is 2. The van der Waals surface area contributed by atoms with E-state index in [0.717, 1.165) is 29.3 Å². The van der Waals surface area contributed by atoms with Crippen molar-refractivity contribution < 1.29 is 9.18 Å². The summed E-state index contributed by atoms with van der Waals surface area (Å²) in [6.07, 6.45) is 5.32. The van der Waals surface area contributed by atoms with Crippen LogP contribution in [0.3, 0.4) is 0 Å². The van der Waals surface area contributed by atoms with Gasteiger partial charge < -0.3 is 10.2 Å². The van der Waals surface area contributed by atoms with Crippen molar-refractivity contribution in [2.45, 2.75) is 32.1 Å². The van der Waals surface area contributed by atoms with Gasteiger partial charge in [-0.25, -0.2) is 9.37 Å². The van der Waals surface area contributed by atoms with Crippen LogP contribution >= 0.6 is 11.3 Å². The predicted octanol–water partition coefficient (Wildman–Crippen LogP) is 5.51. The van der Waals surface area contributed by atoms with Crippen molar-refractivity contribution >= 4 is 28.6 Å². The van der Waals surface area contributed by atoms with Gasteiger partial charge in [-0.1, -0.05) is 12.8 Å². The fraction of sp³-hybridized carbons (Fsp3) is 0.304. The first kappa shape index (κ1) is 19.6. The third-order valence-corrected chi connectivity index (χ3v) is 6.05. The number of amides is 1. The lowest BCUT2D eigenvalue weighted by molar-refractivity contribution is -0.115. The van der Waals surface area contributed by atoms with Crippen LogP contribution in [0.1, 0.15) is 31.4 Å². The number of hydrogen-bond acceptors (Lipinski definition) is 4. The van der Waals surface area contributed by atoms with Gasteiger partial charge in [-0.05, 0) is 61.4 Å². The molecule has 1 aliphatic heterocycles. The summed E-state index contributed by atoms with van der Waals surface area (Å²) >= 11 is 1.46. The fourth-order valence-electron chi connectivity index (χ4n) is 3.57. The van der Waals surface area contributed by atoms with Crippen LogP contribution in [0.4, 0.5) is 15.8 Å². The third-order valence-electron chi connectivity index (χ3n) is 5.11. The Balaban J connectivity index is 1.34. The maximum absolute atomic E-state index is 13.1. The van der Waals surface area contributed by atoms with Crippen molar-refractivity contribution in [3.8, 4) is 10.6 Å². The zero-order chi connectivity index (χ0) is 20.1. The van der Waals surface area contributed by atoms with E-state index in [1.807, 2.05) is 17.5 Å². The number of carbonyl (C=O) groups excluding carboxylic acids is 1. The van der Waals surface area contributed by atoms with Crippen LogP contribution in [0.2, 0.25) is 0 Å². The molecule has 0 unspecified atom stereocenters. The predicted molar refractivity (Wildman–Crippen MR) is 117 cm³/mol. The standard InChI is InChI=1S/C23H24FN3OS/c24-18-7-5-17(6-8-18)23-26-20(16-29-23)15-22(28)25-19-9-11-21(12-10-19)27-13-3-1-2-4-14-27/h5-12,16H,1-4,13-15H2,(H,25,28). The van der Waals surface area contributed by atoms with Crippen LogP contribution in [-0.4, -0.2) is 24.0 Å². The molecule has 4 rings (SSSR count). The average Bonchev–Trinajstić information content (AvgIpc) is 3.01. The van der Waals surface area contributed by atoms with E-state index in [1.54, 1.807) is 12.1 Å². The lowest BCUT2D eigenvalue weighted by atomic mass is 10.2. The minimum Gasteiger partial charge on any atom is -0.372 e. The number of benzene rings is 2. The molecule has 29 heavy (non-hydrogen) atoms. The van der Waals surface area contributed by atoms with E-state index in [0.29, 0.717) is 5.69 Å². The summed E-state index contributed by atoms with van der Waals surface area (Å²) in [5.74, 6) is -0.366. The van der Waals surface area contributed by atoms with Crippen molar-refractivity contribution in [3.05, 3.63) is 65.4 Å². The Hall–Kier alpha value is -2.73. The van der Waals surface area contributed by atoms with Gasteiger partial charge in [0.2, 0.25) is 5.91 Å². The number of carbonyl (C=O) groups is 1. The van der Waals surface area contributed by atoms with Crippen LogP contribution in [0.25, 0.3) is 10.6 Å². The van der Waals surface area contributed by atoms with E-state index in [9.17, 15) is 9.18 Å². The molecular formula is C23H24FN3OS. The summed E-state index contributed by atoms with van der Waals surface area (Å²) in [5.41, 5.74) is 3.58. The van der Waals surface area contributed by atoms with E-state index in [1.165, 1.54) is 54.8 Å². The zero-order valence-corrected chi connectivity index (χ0v) is 17.1. The highest BCUT2D eigenvalue weighted by Crippen LogP contribution is 2.25. The van der Waals surface area contributed by atoms with Crippen molar-refractivity contribution in [1.82, 2.24) is 4.98 Å². The molecule has 2 heterocycles. The van der Waals surface area contributed by atoms with Crippen LogP contribution < -0.4 is 10.2 Å². The molecule has 1 amide bonds. The van der Waals surface area contributed by atoms with Gasteiger partial charge in [0.1, 0.15) is 10.8 Å². The Morgan fingerprint density at radius 3 is 2.38 bits per heavy atom. The highest BCUT2D eigenvalue weighted by molar-refractivity contribution is 7.13. The maximum atomic E-state index is 13.1. The summed E-state index contributed by atoms with van der Waals surface area (Å²) in [7, 11) is 0. The van der Waals surface area contributed by atoms with E-state index in [-0.39, 0.29) is 18.1 Å². The molecule has 1 fully saturated rings. The molecule has 0 spiro atoms. The summed E-state index contributed by atoms with van der Waals surface area (Å²) in [4.78, 5) is 19.3. The molecule has 6 heteroatoms. The monoisotopic (exact) mass is 409 g/mol. The molecule has 150 valence electrons. The largest absolute Gasteiger partial charge is 0.372 e. The molecule has 1 saturated heterocycles. The molecule has 1 aliphatic rings. The summed E-state index contributed by atoms with van der Waals surface area (Å²) in [6, 6.07) is 14.3. The van der Waals surface area contributed by atoms with Gasteiger partial charge in [0.15, 0.2) is 0 Å². The highest BCUT2D eigenvalue weighted by Gasteiger charge is 2.12.